The molecule has 0 unspecified atom stereocenters. The first-order valence-electron chi connectivity index (χ1n) is 6.85. The van der Waals surface area contributed by atoms with Crippen LogP contribution >= 0.6 is 0 Å². The molecule has 0 saturated carbocycles. The second-order valence-electron chi connectivity index (χ2n) is 5.40. The van der Waals surface area contributed by atoms with Gasteiger partial charge in [-0.05, 0) is 27.2 Å². The predicted molar refractivity (Wildman–Crippen MR) is 72.3 cm³/mol. The highest BCUT2D eigenvalue weighted by Crippen LogP contribution is 2.15. The summed E-state index contributed by atoms with van der Waals surface area (Å²) in [5, 5.41) is 0. The lowest BCUT2D eigenvalue weighted by atomic mass is 10.0. The van der Waals surface area contributed by atoms with Crippen LogP contribution in [0.3, 0.4) is 0 Å². The van der Waals surface area contributed by atoms with E-state index >= 15 is 0 Å². The van der Waals surface area contributed by atoms with Gasteiger partial charge < -0.3 is 15.4 Å². The first-order valence-corrected chi connectivity index (χ1v) is 6.85. The largest absolute Gasteiger partial charge is 0.382 e. The molecule has 0 aromatic rings. The maximum atomic E-state index is 5.81. The van der Waals surface area contributed by atoms with Crippen molar-refractivity contribution in [3.8, 4) is 0 Å². The Hall–Kier alpha value is -0.160. The summed E-state index contributed by atoms with van der Waals surface area (Å²) < 4.78 is 5.36. The molecule has 0 radical (unpaired) electrons. The summed E-state index contributed by atoms with van der Waals surface area (Å²) in [4.78, 5) is 5.04. The first kappa shape index (κ1) is 14.9. The van der Waals surface area contributed by atoms with E-state index in [9.17, 15) is 0 Å². The Morgan fingerprint density at radius 1 is 1.18 bits per heavy atom. The zero-order valence-corrected chi connectivity index (χ0v) is 11.7. The van der Waals surface area contributed by atoms with Crippen molar-refractivity contribution in [2.24, 2.45) is 5.73 Å². The summed E-state index contributed by atoms with van der Waals surface area (Å²) in [5.74, 6) is 0. The summed E-state index contributed by atoms with van der Waals surface area (Å²) in [7, 11) is 0. The summed E-state index contributed by atoms with van der Waals surface area (Å²) in [6.07, 6.45) is 1.15. The number of nitrogens with two attached hydrogens (primary N) is 1. The van der Waals surface area contributed by atoms with Gasteiger partial charge in [-0.15, -0.1) is 0 Å². The molecule has 1 aliphatic rings. The lowest BCUT2D eigenvalue weighted by Crippen LogP contribution is -2.57. The molecule has 4 nitrogen and oxygen atoms in total. The van der Waals surface area contributed by atoms with E-state index in [1.54, 1.807) is 0 Å². The van der Waals surface area contributed by atoms with Crippen LogP contribution < -0.4 is 5.73 Å². The molecule has 1 saturated heterocycles. The van der Waals surface area contributed by atoms with Crippen molar-refractivity contribution in [3.63, 3.8) is 0 Å². The Morgan fingerprint density at radius 3 is 2.35 bits per heavy atom. The SMILES string of the molecule is CCOCCCN1CCN(C(C)(C)CN)CC1. The third kappa shape index (κ3) is 4.92. The minimum absolute atomic E-state index is 0.150. The van der Waals surface area contributed by atoms with Crippen LogP contribution in [0.15, 0.2) is 0 Å². The molecule has 1 aliphatic heterocycles. The number of piperazine rings is 1. The second-order valence-corrected chi connectivity index (χ2v) is 5.40. The van der Waals surface area contributed by atoms with Crippen molar-refractivity contribution >= 4 is 0 Å². The van der Waals surface area contributed by atoms with E-state index < -0.39 is 0 Å². The molecular weight excluding hydrogens is 214 g/mol. The van der Waals surface area contributed by atoms with Gasteiger partial charge in [0.05, 0.1) is 0 Å². The zero-order chi connectivity index (χ0) is 12.7. The van der Waals surface area contributed by atoms with Crippen molar-refractivity contribution in [2.75, 3.05) is 52.5 Å². The Labute approximate surface area is 106 Å². The molecule has 1 heterocycles. The lowest BCUT2D eigenvalue weighted by Gasteiger charge is -2.43. The van der Waals surface area contributed by atoms with Crippen LogP contribution in [0.1, 0.15) is 27.2 Å². The highest BCUT2D eigenvalue weighted by Gasteiger charge is 2.28. The molecule has 0 spiro atoms. The highest BCUT2D eigenvalue weighted by molar-refractivity contribution is 4.86. The van der Waals surface area contributed by atoms with Crippen LogP contribution in [0.5, 0.6) is 0 Å². The van der Waals surface area contributed by atoms with Crippen LogP contribution in [-0.2, 0) is 4.74 Å². The van der Waals surface area contributed by atoms with E-state index in [4.69, 9.17) is 10.5 Å². The smallest absolute Gasteiger partial charge is 0.0478 e. The van der Waals surface area contributed by atoms with Gasteiger partial charge in [-0.1, -0.05) is 0 Å². The van der Waals surface area contributed by atoms with Crippen LogP contribution in [-0.4, -0.2) is 67.8 Å². The summed E-state index contributed by atoms with van der Waals surface area (Å²) in [6, 6.07) is 0. The Bertz CT molecular complexity index is 201. The normalized spacial score (nSPS) is 19.8. The Kier molecular flexibility index (Phi) is 6.41. The van der Waals surface area contributed by atoms with Gasteiger partial charge in [0.2, 0.25) is 0 Å². The quantitative estimate of drug-likeness (QED) is 0.671. The molecule has 0 aromatic carbocycles. The van der Waals surface area contributed by atoms with Crippen LogP contribution in [0.2, 0.25) is 0 Å². The van der Waals surface area contributed by atoms with Crippen molar-refractivity contribution in [1.29, 1.82) is 0 Å². The average molecular weight is 243 g/mol. The fraction of sp³-hybridized carbons (Fsp3) is 1.00. The third-order valence-electron chi connectivity index (χ3n) is 3.70. The van der Waals surface area contributed by atoms with E-state index in [0.29, 0.717) is 0 Å². The Morgan fingerprint density at radius 2 is 1.82 bits per heavy atom. The summed E-state index contributed by atoms with van der Waals surface area (Å²) in [5.41, 5.74) is 5.96. The van der Waals surface area contributed by atoms with Crippen LogP contribution in [0, 0.1) is 0 Å². The van der Waals surface area contributed by atoms with E-state index in [2.05, 4.69) is 23.6 Å². The maximum Gasteiger partial charge on any atom is 0.0478 e. The molecule has 0 aromatic heterocycles. The van der Waals surface area contributed by atoms with E-state index in [1.807, 2.05) is 6.92 Å². The molecule has 1 rings (SSSR count). The number of hydrogen-bond donors (Lipinski definition) is 1. The van der Waals surface area contributed by atoms with Gasteiger partial charge in [0.1, 0.15) is 0 Å². The minimum Gasteiger partial charge on any atom is -0.382 e. The Balaban J connectivity index is 2.17. The predicted octanol–water partition coefficient (Wildman–Crippen LogP) is 0.768. The summed E-state index contributed by atoms with van der Waals surface area (Å²) >= 11 is 0. The second kappa shape index (κ2) is 7.31. The van der Waals surface area contributed by atoms with Crippen LogP contribution in [0.4, 0.5) is 0 Å². The average Bonchev–Trinajstić information content (AvgIpc) is 2.35. The number of hydrogen-bond acceptors (Lipinski definition) is 4. The number of ether oxygens (including phenoxy) is 1. The standard InChI is InChI=1S/C13H29N3O/c1-4-17-11-5-6-15-7-9-16(10-8-15)13(2,3)12-14/h4-12,14H2,1-3H3. The van der Waals surface area contributed by atoms with E-state index in [0.717, 1.165) is 58.9 Å². The van der Waals surface area contributed by atoms with Gasteiger partial charge in [0.25, 0.3) is 0 Å². The zero-order valence-electron chi connectivity index (χ0n) is 11.7. The molecule has 1 fully saturated rings. The van der Waals surface area contributed by atoms with Crippen molar-refractivity contribution in [1.82, 2.24) is 9.80 Å². The van der Waals surface area contributed by atoms with E-state index in [-0.39, 0.29) is 5.54 Å². The molecule has 0 atom stereocenters. The highest BCUT2D eigenvalue weighted by atomic mass is 16.5. The van der Waals surface area contributed by atoms with Crippen molar-refractivity contribution in [3.05, 3.63) is 0 Å². The molecule has 17 heavy (non-hydrogen) atoms. The first-order chi connectivity index (χ1) is 8.10. The number of rotatable bonds is 7. The molecular formula is C13H29N3O. The molecule has 4 heteroatoms. The third-order valence-corrected chi connectivity index (χ3v) is 3.70. The molecule has 0 amide bonds. The fourth-order valence-corrected chi connectivity index (χ4v) is 2.24. The van der Waals surface area contributed by atoms with Crippen molar-refractivity contribution < 1.29 is 4.74 Å². The van der Waals surface area contributed by atoms with E-state index in [1.165, 1.54) is 0 Å². The van der Waals surface area contributed by atoms with Gasteiger partial charge >= 0.3 is 0 Å². The molecule has 0 bridgehead atoms. The number of nitrogens with zero attached hydrogens (tertiary/aromatic N) is 2. The fourth-order valence-electron chi connectivity index (χ4n) is 2.24. The topological polar surface area (TPSA) is 41.7 Å². The van der Waals surface area contributed by atoms with Gasteiger partial charge in [0.15, 0.2) is 0 Å². The van der Waals surface area contributed by atoms with Gasteiger partial charge in [-0.25, -0.2) is 0 Å². The molecule has 0 aliphatic carbocycles. The van der Waals surface area contributed by atoms with Crippen LogP contribution in [0.25, 0.3) is 0 Å². The molecule has 2 N–H and O–H groups in total. The monoisotopic (exact) mass is 243 g/mol. The molecule has 102 valence electrons. The minimum atomic E-state index is 0.150. The van der Waals surface area contributed by atoms with Crippen molar-refractivity contribution in [2.45, 2.75) is 32.7 Å². The van der Waals surface area contributed by atoms with Gasteiger partial charge in [0, 0.05) is 58.0 Å². The van der Waals surface area contributed by atoms with Gasteiger partial charge in [-0.3, -0.25) is 4.90 Å². The van der Waals surface area contributed by atoms with Gasteiger partial charge in [-0.2, -0.15) is 0 Å². The maximum absolute atomic E-state index is 5.81. The lowest BCUT2D eigenvalue weighted by molar-refractivity contribution is 0.0510. The summed E-state index contributed by atoms with van der Waals surface area (Å²) in [6.45, 7) is 14.7.